The zero-order valence-electron chi connectivity index (χ0n) is 12.7. The number of pyridine rings is 1. The molecule has 0 spiro atoms. The van der Waals surface area contributed by atoms with Gasteiger partial charge in [-0.15, -0.1) is 0 Å². The highest BCUT2D eigenvalue weighted by molar-refractivity contribution is 14.1. The van der Waals surface area contributed by atoms with E-state index < -0.39 is 17.2 Å². The maximum atomic E-state index is 12.3. The van der Waals surface area contributed by atoms with Crippen LogP contribution in [-0.4, -0.2) is 23.3 Å². The van der Waals surface area contributed by atoms with Crippen LogP contribution in [0, 0.1) is 9.62 Å². The van der Waals surface area contributed by atoms with Crippen molar-refractivity contribution >= 4 is 40.3 Å². The summed E-state index contributed by atoms with van der Waals surface area (Å²) in [5.41, 5.74) is -0.198. The van der Waals surface area contributed by atoms with E-state index in [0.29, 0.717) is 23.4 Å². The maximum absolute atomic E-state index is 12.3. The average molecular weight is 437 g/mol. The Bertz CT molecular complexity index is 628. The van der Waals surface area contributed by atoms with Gasteiger partial charge in [0.05, 0.1) is 0 Å². The van der Waals surface area contributed by atoms with Crippen molar-refractivity contribution in [2.24, 2.45) is 5.92 Å². The first-order valence-electron chi connectivity index (χ1n) is 7.22. The van der Waals surface area contributed by atoms with E-state index in [2.05, 4.69) is 32.9 Å². The molecule has 3 rings (SSSR count). The Morgan fingerprint density at radius 3 is 2.82 bits per heavy atom. The second-order valence-electron chi connectivity index (χ2n) is 6.77. The zero-order valence-corrected chi connectivity index (χ0v) is 15.6. The van der Waals surface area contributed by atoms with Crippen LogP contribution in [0.15, 0.2) is 6.07 Å². The molecule has 1 amide bonds. The lowest BCUT2D eigenvalue weighted by Gasteiger charge is -2.31. The summed E-state index contributed by atoms with van der Waals surface area (Å²) in [5, 5.41) is 3.39. The van der Waals surface area contributed by atoms with Crippen molar-refractivity contribution in [3.8, 4) is 5.75 Å². The topological polar surface area (TPSA) is 60.5 Å². The molecule has 2 heterocycles. The number of nitrogens with one attached hydrogen (secondary N) is 1. The molecular formula is C15H18ClIN2O3. The summed E-state index contributed by atoms with van der Waals surface area (Å²) >= 11 is 8.31. The fraction of sp³-hybridized carbons (Fsp3) is 0.600. The van der Waals surface area contributed by atoms with Gasteiger partial charge in [0.1, 0.15) is 21.4 Å². The maximum Gasteiger partial charge on any atom is 0.408 e. The Balaban J connectivity index is 1.95. The number of ether oxygens (including phenoxy) is 2. The molecule has 0 aromatic carbocycles. The summed E-state index contributed by atoms with van der Waals surface area (Å²) in [6.07, 6.45) is 1.67. The summed E-state index contributed by atoms with van der Waals surface area (Å²) in [7, 11) is 0. The first-order valence-corrected chi connectivity index (χ1v) is 8.67. The van der Waals surface area contributed by atoms with Crippen LogP contribution in [0.5, 0.6) is 5.75 Å². The zero-order chi connectivity index (χ0) is 16.1. The largest absolute Gasteiger partial charge is 0.487 e. The third-order valence-electron chi connectivity index (χ3n) is 3.82. The number of aromatic nitrogens is 1. The van der Waals surface area contributed by atoms with Gasteiger partial charge in [0, 0.05) is 5.56 Å². The van der Waals surface area contributed by atoms with Crippen molar-refractivity contribution in [3.05, 3.63) is 20.5 Å². The molecule has 1 aliphatic heterocycles. The molecule has 1 aromatic heterocycles. The quantitative estimate of drug-likeness (QED) is 0.565. The molecule has 1 saturated carbocycles. The third-order valence-corrected chi connectivity index (χ3v) is 4.63. The van der Waals surface area contributed by atoms with E-state index in [1.54, 1.807) is 0 Å². The van der Waals surface area contributed by atoms with Crippen molar-refractivity contribution < 1.29 is 14.3 Å². The van der Waals surface area contributed by atoms with E-state index in [0.717, 1.165) is 22.1 Å². The number of hydrogen-bond donors (Lipinski definition) is 1. The molecule has 0 saturated heterocycles. The predicted octanol–water partition coefficient (Wildman–Crippen LogP) is 3.86. The second-order valence-corrected chi connectivity index (χ2v) is 8.24. The molecule has 22 heavy (non-hydrogen) atoms. The van der Waals surface area contributed by atoms with Crippen molar-refractivity contribution in [1.29, 1.82) is 0 Å². The lowest BCUT2D eigenvalue weighted by Crippen LogP contribution is -2.50. The molecule has 1 fully saturated rings. The van der Waals surface area contributed by atoms with Gasteiger partial charge in [-0.05, 0) is 68.2 Å². The summed E-state index contributed by atoms with van der Waals surface area (Å²) in [5.74, 6) is 0.917. The number of nitrogens with zero attached hydrogens (tertiary/aromatic N) is 1. The highest BCUT2D eigenvalue weighted by Gasteiger charge is 2.54. The van der Waals surface area contributed by atoms with Crippen LogP contribution in [0.25, 0.3) is 0 Å². The van der Waals surface area contributed by atoms with Crippen molar-refractivity contribution in [1.82, 2.24) is 10.3 Å². The summed E-state index contributed by atoms with van der Waals surface area (Å²) in [6, 6.07) is 1.93. The van der Waals surface area contributed by atoms with Crippen molar-refractivity contribution in [2.75, 3.05) is 6.61 Å². The minimum Gasteiger partial charge on any atom is -0.487 e. The van der Waals surface area contributed by atoms with Crippen LogP contribution >= 0.6 is 34.2 Å². The third kappa shape index (κ3) is 2.99. The second kappa shape index (κ2) is 5.40. The Labute approximate surface area is 148 Å². The monoisotopic (exact) mass is 436 g/mol. The van der Waals surface area contributed by atoms with Gasteiger partial charge >= 0.3 is 6.09 Å². The van der Waals surface area contributed by atoms with Gasteiger partial charge < -0.3 is 14.8 Å². The van der Waals surface area contributed by atoms with Gasteiger partial charge in [0.2, 0.25) is 0 Å². The highest BCUT2D eigenvalue weighted by atomic mass is 127. The number of fused-ring (bicyclic) bond motifs is 1. The van der Waals surface area contributed by atoms with Crippen molar-refractivity contribution in [2.45, 2.75) is 44.8 Å². The smallest absolute Gasteiger partial charge is 0.408 e. The minimum absolute atomic E-state index is 0.343. The van der Waals surface area contributed by atoms with Crippen LogP contribution in [0.2, 0.25) is 5.15 Å². The first-order chi connectivity index (χ1) is 10.2. The summed E-state index contributed by atoms with van der Waals surface area (Å²) in [4.78, 5) is 16.5. The number of carbonyl (C=O) groups is 1. The normalized spacial score (nSPS) is 23.7. The van der Waals surface area contributed by atoms with Gasteiger partial charge in [-0.1, -0.05) is 11.6 Å². The molecular weight excluding hydrogens is 419 g/mol. The molecule has 1 aromatic rings. The Kier molecular flexibility index (Phi) is 3.96. The number of rotatable bonds is 2. The number of alkyl carbamates (subject to hydrolysis) is 1. The van der Waals surface area contributed by atoms with Crippen LogP contribution in [-0.2, 0) is 10.3 Å². The fourth-order valence-electron chi connectivity index (χ4n) is 2.81. The van der Waals surface area contributed by atoms with E-state index in [4.69, 9.17) is 21.1 Å². The lowest BCUT2D eigenvalue weighted by atomic mass is 9.87. The van der Waals surface area contributed by atoms with E-state index in [1.807, 2.05) is 26.8 Å². The molecule has 0 bridgehead atoms. The molecule has 7 heteroatoms. The molecule has 120 valence electrons. The first kappa shape index (κ1) is 16.1. The average Bonchev–Trinajstić information content (AvgIpc) is 3.13. The molecule has 1 atom stereocenters. The molecule has 0 radical (unpaired) electrons. The minimum atomic E-state index is -0.565. The van der Waals surface area contributed by atoms with Gasteiger partial charge in [-0.25, -0.2) is 9.78 Å². The Morgan fingerprint density at radius 2 is 2.23 bits per heavy atom. The van der Waals surface area contributed by atoms with E-state index in [1.165, 1.54) is 0 Å². The van der Waals surface area contributed by atoms with Crippen molar-refractivity contribution in [3.63, 3.8) is 0 Å². The fourth-order valence-corrected chi connectivity index (χ4v) is 3.75. The van der Waals surface area contributed by atoms with Gasteiger partial charge in [0.15, 0.2) is 10.9 Å². The van der Waals surface area contributed by atoms with Crippen LogP contribution < -0.4 is 10.1 Å². The number of carbonyl (C=O) groups excluding carboxylic acids is 1. The Hall–Kier alpha value is -0.760. The SMILES string of the molecule is CC(C)(C)OC(=O)N[C@]1(C2CC2)COc2c1cc(I)nc2Cl. The van der Waals surface area contributed by atoms with Crippen LogP contribution in [0.1, 0.15) is 39.2 Å². The summed E-state index contributed by atoms with van der Waals surface area (Å²) in [6.45, 7) is 5.91. The molecule has 2 aliphatic rings. The highest BCUT2D eigenvalue weighted by Crippen LogP contribution is 2.53. The van der Waals surface area contributed by atoms with Gasteiger partial charge in [-0.2, -0.15) is 0 Å². The van der Waals surface area contributed by atoms with Crippen LogP contribution in [0.4, 0.5) is 4.79 Å². The molecule has 1 N–H and O–H groups in total. The van der Waals surface area contributed by atoms with E-state index >= 15 is 0 Å². The number of amides is 1. The van der Waals surface area contributed by atoms with E-state index in [-0.39, 0.29) is 0 Å². The Morgan fingerprint density at radius 1 is 1.55 bits per heavy atom. The lowest BCUT2D eigenvalue weighted by molar-refractivity contribution is 0.0413. The van der Waals surface area contributed by atoms with Gasteiger partial charge in [-0.3, -0.25) is 0 Å². The standard InChI is InChI=1S/C15H18ClIN2O3/c1-14(2,3)22-13(20)19-15(8-4-5-8)7-21-11-9(15)6-10(17)18-12(11)16/h6,8H,4-5,7H2,1-3H3,(H,19,20)/t15-/m0/s1. The number of halogens is 2. The molecule has 0 unspecified atom stereocenters. The molecule has 1 aliphatic carbocycles. The predicted molar refractivity (Wildman–Crippen MR) is 91.2 cm³/mol. The molecule has 5 nitrogen and oxygen atoms in total. The number of hydrogen-bond acceptors (Lipinski definition) is 4. The van der Waals surface area contributed by atoms with Crippen LogP contribution in [0.3, 0.4) is 0 Å². The summed E-state index contributed by atoms with van der Waals surface area (Å²) < 4.78 is 12.0. The van der Waals surface area contributed by atoms with E-state index in [9.17, 15) is 4.79 Å². The van der Waals surface area contributed by atoms with Gasteiger partial charge in [0.25, 0.3) is 0 Å².